The first-order valence-electron chi connectivity index (χ1n) is 6.43. The maximum Gasteiger partial charge on any atom is 0.234 e. The summed E-state index contributed by atoms with van der Waals surface area (Å²) < 4.78 is 10.4. The zero-order chi connectivity index (χ0) is 13.7. The number of ether oxygens (including phenoxy) is 2. The van der Waals surface area contributed by atoms with E-state index in [9.17, 15) is 4.79 Å². The molecule has 2 N–H and O–H groups in total. The van der Waals surface area contributed by atoms with E-state index >= 15 is 0 Å². The molecule has 1 saturated carbocycles. The van der Waals surface area contributed by atoms with Crippen LogP contribution in [-0.4, -0.2) is 32.7 Å². The molecule has 0 heterocycles. The fourth-order valence-corrected chi connectivity index (χ4v) is 1.80. The summed E-state index contributed by atoms with van der Waals surface area (Å²) in [6, 6.07) is 6.08. The van der Waals surface area contributed by atoms with Crippen LogP contribution >= 0.6 is 0 Å². The molecule has 1 aliphatic carbocycles. The van der Waals surface area contributed by atoms with Crippen molar-refractivity contribution < 1.29 is 14.3 Å². The Hall–Kier alpha value is -1.75. The van der Waals surface area contributed by atoms with Crippen molar-refractivity contribution >= 4 is 5.91 Å². The van der Waals surface area contributed by atoms with Gasteiger partial charge in [-0.2, -0.15) is 0 Å². The van der Waals surface area contributed by atoms with Crippen LogP contribution < -0.4 is 20.1 Å². The molecule has 1 aromatic carbocycles. The van der Waals surface area contributed by atoms with Crippen molar-refractivity contribution in [3.05, 3.63) is 23.8 Å². The molecule has 5 heteroatoms. The van der Waals surface area contributed by atoms with Crippen LogP contribution in [0, 0.1) is 0 Å². The second-order valence-electron chi connectivity index (χ2n) is 4.67. The first kappa shape index (κ1) is 13.7. The highest BCUT2D eigenvalue weighted by molar-refractivity contribution is 5.78. The lowest BCUT2D eigenvalue weighted by molar-refractivity contribution is -0.120. The van der Waals surface area contributed by atoms with E-state index in [1.54, 1.807) is 14.2 Å². The van der Waals surface area contributed by atoms with Gasteiger partial charge in [-0.05, 0) is 30.5 Å². The van der Waals surface area contributed by atoms with Crippen molar-refractivity contribution in [3.63, 3.8) is 0 Å². The number of hydrogen-bond acceptors (Lipinski definition) is 4. The van der Waals surface area contributed by atoms with Crippen molar-refractivity contribution in [2.75, 3.05) is 20.8 Å². The molecule has 1 amide bonds. The number of benzene rings is 1. The van der Waals surface area contributed by atoms with Gasteiger partial charge < -0.3 is 20.1 Å². The summed E-state index contributed by atoms with van der Waals surface area (Å²) in [5.41, 5.74) is 1.02. The van der Waals surface area contributed by atoms with E-state index in [0.29, 0.717) is 19.1 Å². The third kappa shape index (κ3) is 4.44. The highest BCUT2D eigenvalue weighted by Crippen LogP contribution is 2.22. The molecule has 19 heavy (non-hydrogen) atoms. The van der Waals surface area contributed by atoms with Gasteiger partial charge in [-0.15, -0.1) is 0 Å². The predicted octanol–water partition coefficient (Wildman–Crippen LogP) is 1.07. The number of hydrogen-bond donors (Lipinski definition) is 2. The number of amides is 1. The molecule has 2 rings (SSSR count). The van der Waals surface area contributed by atoms with Gasteiger partial charge in [-0.3, -0.25) is 4.79 Å². The minimum atomic E-state index is 0.0531. The van der Waals surface area contributed by atoms with Gasteiger partial charge >= 0.3 is 0 Å². The predicted molar refractivity (Wildman–Crippen MR) is 72.4 cm³/mol. The molecule has 0 spiro atoms. The Morgan fingerprint density at radius 2 is 1.84 bits per heavy atom. The molecule has 0 unspecified atom stereocenters. The molecular formula is C14H20N2O3. The quantitative estimate of drug-likeness (QED) is 0.773. The molecule has 0 bridgehead atoms. The smallest absolute Gasteiger partial charge is 0.234 e. The SMILES string of the molecule is COc1cc(CNCC(=O)NC2CC2)cc(OC)c1. The lowest BCUT2D eigenvalue weighted by atomic mass is 10.2. The van der Waals surface area contributed by atoms with Crippen LogP contribution in [0.2, 0.25) is 0 Å². The molecule has 0 aliphatic heterocycles. The fraction of sp³-hybridized carbons (Fsp3) is 0.500. The van der Waals surface area contributed by atoms with Crippen molar-refractivity contribution in [1.29, 1.82) is 0 Å². The van der Waals surface area contributed by atoms with Crippen LogP contribution in [0.5, 0.6) is 11.5 Å². The number of carbonyl (C=O) groups is 1. The van der Waals surface area contributed by atoms with Crippen molar-refractivity contribution in [2.45, 2.75) is 25.4 Å². The van der Waals surface area contributed by atoms with Crippen LogP contribution in [0.1, 0.15) is 18.4 Å². The Morgan fingerprint density at radius 1 is 1.21 bits per heavy atom. The minimum Gasteiger partial charge on any atom is -0.497 e. The summed E-state index contributed by atoms with van der Waals surface area (Å²) in [5, 5.41) is 6.05. The van der Waals surface area contributed by atoms with Gasteiger partial charge in [-0.25, -0.2) is 0 Å². The summed E-state index contributed by atoms with van der Waals surface area (Å²) in [6.45, 7) is 0.932. The summed E-state index contributed by atoms with van der Waals surface area (Å²) >= 11 is 0. The first-order valence-corrected chi connectivity index (χ1v) is 6.43. The molecule has 0 aromatic heterocycles. The molecule has 104 valence electrons. The van der Waals surface area contributed by atoms with E-state index in [-0.39, 0.29) is 5.91 Å². The maximum atomic E-state index is 11.5. The normalized spacial score (nSPS) is 14.0. The maximum absolute atomic E-state index is 11.5. The van der Waals surface area contributed by atoms with E-state index in [1.165, 1.54) is 0 Å². The minimum absolute atomic E-state index is 0.0531. The molecule has 5 nitrogen and oxygen atoms in total. The molecule has 0 radical (unpaired) electrons. The number of methoxy groups -OCH3 is 2. The fourth-order valence-electron chi connectivity index (χ4n) is 1.80. The highest BCUT2D eigenvalue weighted by atomic mass is 16.5. The first-order chi connectivity index (χ1) is 9.21. The van der Waals surface area contributed by atoms with Gasteiger partial charge in [0.2, 0.25) is 5.91 Å². The van der Waals surface area contributed by atoms with Crippen LogP contribution in [0.25, 0.3) is 0 Å². The van der Waals surface area contributed by atoms with Crippen LogP contribution in [0.4, 0.5) is 0 Å². The number of nitrogens with one attached hydrogen (secondary N) is 2. The lowest BCUT2D eigenvalue weighted by Crippen LogP contribution is -2.34. The van der Waals surface area contributed by atoms with E-state index in [0.717, 1.165) is 29.9 Å². The van der Waals surface area contributed by atoms with Gasteiger partial charge in [0.15, 0.2) is 0 Å². The lowest BCUT2D eigenvalue weighted by Gasteiger charge is -2.09. The van der Waals surface area contributed by atoms with Gasteiger partial charge in [0.05, 0.1) is 20.8 Å². The molecule has 1 aromatic rings. The Balaban J connectivity index is 1.82. The summed E-state index contributed by atoms with van der Waals surface area (Å²) in [7, 11) is 3.24. The van der Waals surface area contributed by atoms with E-state index in [1.807, 2.05) is 18.2 Å². The zero-order valence-electron chi connectivity index (χ0n) is 11.4. The number of rotatable bonds is 7. The van der Waals surface area contributed by atoms with Crippen LogP contribution in [-0.2, 0) is 11.3 Å². The Morgan fingerprint density at radius 3 is 2.37 bits per heavy atom. The summed E-state index contributed by atoms with van der Waals surface area (Å²) in [4.78, 5) is 11.5. The zero-order valence-corrected chi connectivity index (χ0v) is 11.4. The number of carbonyl (C=O) groups excluding carboxylic acids is 1. The average Bonchev–Trinajstić information content (AvgIpc) is 3.22. The molecular weight excluding hydrogens is 244 g/mol. The Bertz CT molecular complexity index is 422. The summed E-state index contributed by atoms with van der Waals surface area (Å²) in [5.74, 6) is 1.55. The molecule has 1 aliphatic rings. The van der Waals surface area contributed by atoms with Crippen molar-refractivity contribution in [1.82, 2.24) is 10.6 Å². The van der Waals surface area contributed by atoms with Gasteiger partial charge in [0.1, 0.15) is 11.5 Å². The van der Waals surface area contributed by atoms with Crippen LogP contribution in [0.15, 0.2) is 18.2 Å². The molecule has 0 atom stereocenters. The summed E-state index contributed by atoms with van der Waals surface area (Å²) in [6.07, 6.45) is 2.22. The monoisotopic (exact) mass is 264 g/mol. The highest BCUT2D eigenvalue weighted by Gasteiger charge is 2.22. The van der Waals surface area contributed by atoms with E-state index in [2.05, 4.69) is 10.6 Å². The van der Waals surface area contributed by atoms with Gasteiger partial charge in [0, 0.05) is 18.7 Å². The van der Waals surface area contributed by atoms with Crippen LogP contribution in [0.3, 0.4) is 0 Å². The largest absolute Gasteiger partial charge is 0.497 e. The Kier molecular flexibility index (Phi) is 4.63. The molecule has 0 saturated heterocycles. The average molecular weight is 264 g/mol. The second-order valence-corrected chi connectivity index (χ2v) is 4.67. The topological polar surface area (TPSA) is 59.6 Å². The third-order valence-electron chi connectivity index (χ3n) is 2.97. The third-order valence-corrected chi connectivity index (χ3v) is 2.97. The van der Waals surface area contributed by atoms with E-state index < -0.39 is 0 Å². The van der Waals surface area contributed by atoms with Crippen molar-refractivity contribution in [3.8, 4) is 11.5 Å². The Labute approximate surface area is 113 Å². The van der Waals surface area contributed by atoms with Crippen molar-refractivity contribution in [2.24, 2.45) is 0 Å². The van der Waals surface area contributed by atoms with Gasteiger partial charge in [-0.1, -0.05) is 0 Å². The second kappa shape index (κ2) is 6.43. The standard InChI is InChI=1S/C14H20N2O3/c1-18-12-5-10(6-13(7-12)19-2)8-15-9-14(17)16-11-3-4-11/h5-7,11,15H,3-4,8-9H2,1-2H3,(H,16,17). The van der Waals surface area contributed by atoms with E-state index in [4.69, 9.17) is 9.47 Å². The van der Waals surface area contributed by atoms with Gasteiger partial charge in [0.25, 0.3) is 0 Å². The molecule has 1 fully saturated rings.